The zero-order valence-electron chi connectivity index (χ0n) is 15.0. The molecule has 0 unspecified atom stereocenters. The average molecular weight is 321 g/mol. The van der Waals surface area contributed by atoms with Gasteiger partial charge in [0.2, 0.25) is 0 Å². The Balaban J connectivity index is 1.90. The molecule has 0 saturated heterocycles. The fourth-order valence-corrected chi connectivity index (χ4v) is 3.56. The van der Waals surface area contributed by atoms with Crippen LogP contribution in [0.25, 0.3) is 0 Å². The van der Waals surface area contributed by atoms with Crippen molar-refractivity contribution in [3.8, 4) is 0 Å². The van der Waals surface area contributed by atoms with Crippen molar-refractivity contribution >= 4 is 17.1 Å². The number of hydrogen-bond acceptors (Lipinski definition) is 3. The number of aromatic nitrogens is 1. The maximum absolute atomic E-state index is 4.79. The number of anilines is 3. The van der Waals surface area contributed by atoms with Gasteiger partial charge in [0.1, 0.15) is 5.82 Å². The summed E-state index contributed by atoms with van der Waals surface area (Å²) in [5.41, 5.74) is 4.64. The van der Waals surface area contributed by atoms with Crippen LogP contribution in [0.2, 0.25) is 0 Å². The van der Waals surface area contributed by atoms with Crippen molar-refractivity contribution in [1.82, 2.24) is 4.98 Å². The first-order valence-corrected chi connectivity index (χ1v) is 8.95. The number of para-hydroxylation sites is 2. The van der Waals surface area contributed by atoms with Crippen molar-refractivity contribution in [3.05, 3.63) is 60.7 Å². The molecular formula is C21H27N3. The predicted molar refractivity (Wildman–Crippen MR) is 103 cm³/mol. The molecule has 0 radical (unpaired) electrons. The summed E-state index contributed by atoms with van der Waals surface area (Å²) in [5.74, 6) is 1.54. The standard InChI is InChI=1S/C21H27N3/c1-5-9-17(10-6-2)19-14-13-18(15-22-19)24-16(3)23(4)20-11-7-8-12-21(20)24/h7-8,11-15,17H,3,5-6,9-10H2,1-2,4H3. The van der Waals surface area contributed by atoms with E-state index in [2.05, 4.69) is 73.7 Å². The Kier molecular flexibility index (Phi) is 4.89. The van der Waals surface area contributed by atoms with E-state index >= 15 is 0 Å². The van der Waals surface area contributed by atoms with E-state index in [0.717, 1.165) is 11.5 Å². The van der Waals surface area contributed by atoms with E-state index in [1.165, 1.54) is 42.8 Å². The highest BCUT2D eigenvalue weighted by molar-refractivity contribution is 5.87. The van der Waals surface area contributed by atoms with Crippen LogP contribution in [0.3, 0.4) is 0 Å². The largest absolute Gasteiger partial charge is 0.329 e. The fraction of sp³-hybridized carbons (Fsp3) is 0.381. The highest BCUT2D eigenvalue weighted by Crippen LogP contribution is 2.44. The number of fused-ring (bicyclic) bond motifs is 1. The average Bonchev–Trinajstić information content (AvgIpc) is 2.86. The van der Waals surface area contributed by atoms with Crippen LogP contribution < -0.4 is 9.80 Å². The SMILES string of the molecule is C=C1N(C)c2ccccc2N1c1ccc(C(CCC)CCC)nc1. The zero-order valence-corrected chi connectivity index (χ0v) is 15.0. The van der Waals surface area contributed by atoms with Crippen LogP contribution in [0.5, 0.6) is 0 Å². The molecule has 0 amide bonds. The van der Waals surface area contributed by atoms with Crippen LogP contribution in [-0.2, 0) is 0 Å². The molecule has 0 fully saturated rings. The minimum absolute atomic E-state index is 0.575. The molecule has 1 aromatic carbocycles. The molecule has 0 N–H and O–H groups in total. The highest BCUT2D eigenvalue weighted by Gasteiger charge is 2.28. The summed E-state index contributed by atoms with van der Waals surface area (Å²) in [6, 6.07) is 12.8. The molecule has 2 aromatic rings. The number of rotatable bonds is 6. The summed E-state index contributed by atoms with van der Waals surface area (Å²) >= 11 is 0. The van der Waals surface area contributed by atoms with E-state index in [4.69, 9.17) is 4.98 Å². The third-order valence-electron chi connectivity index (χ3n) is 4.85. The molecule has 0 atom stereocenters. The second kappa shape index (κ2) is 7.08. The molecule has 126 valence electrons. The molecule has 3 nitrogen and oxygen atoms in total. The number of hydrogen-bond donors (Lipinski definition) is 0. The van der Waals surface area contributed by atoms with Gasteiger partial charge in [0.05, 0.1) is 23.3 Å². The first kappa shape index (κ1) is 16.6. The van der Waals surface area contributed by atoms with Crippen molar-refractivity contribution in [3.63, 3.8) is 0 Å². The third-order valence-corrected chi connectivity index (χ3v) is 4.85. The Morgan fingerprint density at radius 2 is 1.67 bits per heavy atom. The van der Waals surface area contributed by atoms with Crippen molar-refractivity contribution in [2.24, 2.45) is 0 Å². The topological polar surface area (TPSA) is 19.4 Å². The van der Waals surface area contributed by atoms with E-state index < -0.39 is 0 Å². The van der Waals surface area contributed by atoms with Crippen LogP contribution in [0.1, 0.15) is 51.1 Å². The van der Waals surface area contributed by atoms with Gasteiger partial charge in [0, 0.05) is 18.7 Å². The Morgan fingerprint density at radius 3 is 2.25 bits per heavy atom. The van der Waals surface area contributed by atoms with E-state index in [0.29, 0.717) is 5.92 Å². The van der Waals surface area contributed by atoms with Gasteiger partial charge in [-0.05, 0) is 37.1 Å². The first-order chi connectivity index (χ1) is 11.7. The summed E-state index contributed by atoms with van der Waals surface area (Å²) in [7, 11) is 2.06. The summed E-state index contributed by atoms with van der Waals surface area (Å²) in [5, 5.41) is 0. The maximum atomic E-state index is 4.79. The monoisotopic (exact) mass is 321 g/mol. The van der Waals surface area contributed by atoms with Crippen molar-refractivity contribution in [2.45, 2.75) is 45.4 Å². The van der Waals surface area contributed by atoms with E-state index in [9.17, 15) is 0 Å². The summed E-state index contributed by atoms with van der Waals surface area (Å²) in [6.45, 7) is 8.74. The molecule has 2 heterocycles. The summed E-state index contributed by atoms with van der Waals surface area (Å²) < 4.78 is 0. The van der Waals surface area contributed by atoms with Crippen molar-refractivity contribution in [2.75, 3.05) is 16.8 Å². The molecule has 1 aromatic heterocycles. The van der Waals surface area contributed by atoms with Crippen LogP contribution in [-0.4, -0.2) is 12.0 Å². The van der Waals surface area contributed by atoms with Crippen molar-refractivity contribution < 1.29 is 0 Å². The molecule has 0 spiro atoms. The Labute approximate surface area is 145 Å². The molecule has 3 rings (SSSR count). The third kappa shape index (κ3) is 2.91. The van der Waals surface area contributed by atoms with E-state index in [1.807, 2.05) is 6.20 Å². The molecule has 0 bridgehead atoms. The van der Waals surface area contributed by atoms with Crippen LogP contribution in [0.4, 0.5) is 17.1 Å². The van der Waals surface area contributed by atoms with E-state index in [-0.39, 0.29) is 0 Å². The highest BCUT2D eigenvalue weighted by atomic mass is 15.4. The van der Waals surface area contributed by atoms with Crippen LogP contribution >= 0.6 is 0 Å². The van der Waals surface area contributed by atoms with Gasteiger partial charge < -0.3 is 4.90 Å². The van der Waals surface area contributed by atoms with Crippen LogP contribution in [0.15, 0.2) is 55.0 Å². The Morgan fingerprint density at radius 1 is 1.00 bits per heavy atom. The second-order valence-corrected chi connectivity index (χ2v) is 6.51. The molecule has 1 aliphatic rings. The maximum Gasteiger partial charge on any atom is 0.110 e. The number of pyridine rings is 1. The number of benzene rings is 1. The van der Waals surface area contributed by atoms with Gasteiger partial charge in [0.15, 0.2) is 0 Å². The summed E-state index contributed by atoms with van der Waals surface area (Å²) in [4.78, 5) is 9.10. The lowest BCUT2D eigenvalue weighted by Gasteiger charge is -2.22. The fourth-order valence-electron chi connectivity index (χ4n) is 3.56. The molecule has 24 heavy (non-hydrogen) atoms. The molecule has 1 aliphatic heterocycles. The van der Waals surface area contributed by atoms with Crippen molar-refractivity contribution in [1.29, 1.82) is 0 Å². The van der Waals surface area contributed by atoms with Gasteiger partial charge in [-0.3, -0.25) is 9.88 Å². The lowest BCUT2D eigenvalue weighted by atomic mass is 9.94. The first-order valence-electron chi connectivity index (χ1n) is 8.95. The van der Waals surface area contributed by atoms with Gasteiger partial charge in [0.25, 0.3) is 0 Å². The summed E-state index contributed by atoms with van der Waals surface area (Å²) in [6.07, 6.45) is 6.82. The van der Waals surface area contributed by atoms with Crippen LogP contribution in [0, 0.1) is 0 Å². The minimum Gasteiger partial charge on any atom is -0.329 e. The second-order valence-electron chi connectivity index (χ2n) is 6.51. The molecule has 0 aliphatic carbocycles. The van der Waals surface area contributed by atoms with Gasteiger partial charge in [-0.15, -0.1) is 0 Å². The van der Waals surface area contributed by atoms with Gasteiger partial charge in [-0.1, -0.05) is 45.4 Å². The van der Waals surface area contributed by atoms with Gasteiger partial charge in [-0.25, -0.2) is 0 Å². The molecule has 3 heteroatoms. The van der Waals surface area contributed by atoms with Gasteiger partial charge in [-0.2, -0.15) is 0 Å². The van der Waals surface area contributed by atoms with E-state index in [1.54, 1.807) is 0 Å². The molecular weight excluding hydrogens is 294 g/mol. The number of nitrogens with zero attached hydrogens (tertiary/aromatic N) is 3. The predicted octanol–water partition coefficient (Wildman–Crippen LogP) is 5.82. The quantitative estimate of drug-likeness (QED) is 0.668. The van der Waals surface area contributed by atoms with Gasteiger partial charge >= 0.3 is 0 Å². The smallest absolute Gasteiger partial charge is 0.110 e. The lowest BCUT2D eigenvalue weighted by molar-refractivity contribution is 0.548. The minimum atomic E-state index is 0.575. The normalized spacial score (nSPS) is 13.8. The molecule has 0 saturated carbocycles. The Hall–Kier alpha value is -2.29. The Bertz CT molecular complexity index is 699. The zero-order chi connectivity index (χ0) is 17.1. The lowest BCUT2D eigenvalue weighted by Crippen LogP contribution is -2.20.